The van der Waals surface area contributed by atoms with Gasteiger partial charge in [-0.2, -0.15) is 0 Å². The highest BCUT2D eigenvalue weighted by Crippen LogP contribution is 2.62. The number of amides is 2. The number of nitrogens with one attached hydrogen (secondary N) is 2. The Labute approximate surface area is 198 Å². The van der Waals surface area contributed by atoms with E-state index in [2.05, 4.69) is 17.6 Å². The molecule has 1 saturated carbocycles. The van der Waals surface area contributed by atoms with Crippen molar-refractivity contribution in [3.05, 3.63) is 46.5 Å². The van der Waals surface area contributed by atoms with Crippen molar-refractivity contribution in [2.45, 2.75) is 65.0 Å². The third-order valence-electron chi connectivity index (χ3n) is 7.90. The second kappa shape index (κ2) is 9.16. The average molecular weight is 472 g/mol. The van der Waals surface area contributed by atoms with Crippen LogP contribution >= 0.6 is 11.3 Å². The number of hydrogen-bond donors (Lipinski definition) is 4. The lowest BCUT2D eigenvalue weighted by atomic mass is 9.47. The van der Waals surface area contributed by atoms with E-state index >= 15 is 0 Å². The van der Waals surface area contributed by atoms with Gasteiger partial charge in [0.25, 0.3) is 0 Å². The van der Waals surface area contributed by atoms with Crippen molar-refractivity contribution in [2.75, 3.05) is 11.9 Å². The molecule has 7 nitrogen and oxygen atoms in total. The molecule has 1 aromatic carbocycles. The number of carbonyl (C=O) groups excluding carboxylic acids is 2. The Kier molecular flexibility index (Phi) is 6.62. The Balaban J connectivity index is 1.66. The quantitative estimate of drug-likeness (QED) is 0.517. The molecule has 2 aromatic rings. The van der Waals surface area contributed by atoms with Crippen LogP contribution in [0.1, 0.15) is 62.1 Å². The van der Waals surface area contributed by atoms with Gasteiger partial charge in [-0.25, -0.2) is 4.98 Å². The second-order valence-electron chi connectivity index (χ2n) is 10.0. The van der Waals surface area contributed by atoms with E-state index in [9.17, 15) is 19.8 Å². The number of benzene rings is 1. The lowest BCUT2D eigenvalue weighted by Crippen LogP contribution is -2.57. The van der Waals surface area contributed by atoms with Crippen LogP contribution in [-0.4, -0.2) is 39.7 Å². The molecule has 0 aliphatic heterocycles. The van der Waals surface area contributed by atoms with Gasteiger partial charge in [-0.1, -0.05) is 44.2 Å². The molecule has 2 amide bonds. The van der Waals surface area contributed by atoms with Crippen LogP contribution in [0.2, 0.25) is 0 Å². The molecule has 1 heterocycles. The van der Waals surface area contributed by atoms with Gasteiger partial charge in [-0.3, -0.25) is 9.59 Å². The van der Waals surface area contributed by atoms with Crippen LogP contribution in [0.15, 0.2) is 30.3 Å². The predicted molar refractivity (Wildman–Crippen MR) is 128 cm³/mol. The zero-order valence-corrected chi connectivity index (χ0v) is 20.2. The van der Waals surface area contributed by atoms with E-state index in [1.807, 2.05) is 37.3 Å². The summed E-state index contributed by atoms with van der Waals surface area (Å²) in [5.74, 6) is -0.414. The first-order valence-corrected chi connectivity index (χ1v) is 12.4. The number of fused-ring (bicyclic) bond motifs is 2. The molecule has 0 bridgehead atoms. The average Bonchev–Trinajstić information content (AvgIpc) is 3.18. The van der Waals surface area contributed by atoms with Gasteiger partial charge in [0.15, 0.2) is 5.13 Å². The zero-order chi connectivity index (χ0) is 23.8. The molecule has 0 radical (unpaired) electrons. The highest BCUT2D eigenvalue weighted by atomic mass is 32.1. The molecular formula is C25H33N3O4S. The molecule has 1 aromatic heterocycles. The summed E-state index contributed by atoms with van der Waals surface area (Å²) in [7, 11) is 0. The van der Waals surface area contributed by atoms with Crippen LogP contribution < -0.4 is 10.6 Å². The largest absolute Gasteiger partial charge is 0.396 e. The number of nitrogens with zero attached hydrogens (tertiary/aromatic N) is 1. The van der Waals surface area contributed by atoms with E-state index in [1.54, 1.807) is 0 Å². The van der Waals surface area contributed by atoms with E-state index in [0.29, 0.717) is 24.5 Å². The van der Waals surface area contributed by atoms with E-state index < -0.39 is 11.5 Å². The molecule has 0 saturated heterocycles. The fourth-order valence-corrected chi connectivity index (χ4v) is 7.02. The number of anilines is 1. The first-order chi connectivity index (χ1) is 15.7. The Morgan fingerprint density at radius 3 is 2.64 bits per heavy atom. The molecule has 5 unspecified atom stereocenters. The van der Waals surface area contributed by atoms with Crippen molar-refractivity contribution in [1.29, 1.82) is 0 Å². The van der Waals surface area contributed by atoms with E-state index in [1.165, 1.54) is 18.3 Å². The van der Waals surface area contributed by atoms with Crippen molar-refractivity contribution in [2.24, 2.45) is 16.7 Å². The smallest absolute Gasteiger partial charge is 0.223 e. The Bertz CT molecular complexity index is 1030. The summed E-state index contributed by atoms with van der Waals surface area (Å²) in [6, 6.07) is 9.79. The number of aliphatic hydroxyl groups is 2. The number of rotatable bonds is 6. The molecule has 33 heavy (non-hydrogen) atoms. The molecule has 4 rings (SSSR count). The number of aliphatic hydroxyl groups excluding tert-OH is 2. The maximum Gasteiger partial charge on any atom is 0.223 e. The lowest BCUT2D eigenvalue weighted by molar-refractivity contribution is -0.144. The lowest BCUT2D eigenvalue weighted by Gasteiger charge is -2.58. The molecule has 2 aliphatic rings. The number of hydrogen-bond acceptors (Lipinski definition) is 6. The predicted octanol–water partition coefficient (Wildman–Crippen LogP) is 3.22. The van der Waals surface area contributed by atoms with Crippen LogP contribution in [0.5, 0.6) is 0 Å². The van der Waals surface area contributed by atoms with Gasteiger partial charge in [0.1, 0.15) is 0 Å². The summed E-state index contributed by atoms with van der Waals surface area (Å²) in [6.45, 7) is 5.92. The Hall–Kier alpha value is -2.29. The summed E-state index contributed by atoms with van der Waals surface area (Å²) in [6.07, 6.45) is 1.66. The standard InChI is InChI=1S/C25H33N3O4S/c1-15(30)27-23-28-22-17(11-21(32)26-13-16-7-5-4-6-8-16)24(2)10-9-20(31)25(3,14-29)19(24)12-18(22)33-23/h4-8,17,19-20,29,31H,9-14H2,1-3H3,(H,26,32)(H,27,28,30). The first-order valence-electron chi connectivity index (χ1n) is 11.5. The van der Waals surface area contributed by atoms with Crippen LogP contribution in [0.3, 0.4) is 0 Å². The van der Waals surface area contributed by atoms with Crippen LogP contribution in [0.25, 0.3) is 0 Å². The SMILES string of the molecule is CC(=O)Nc1nc2c(s1)CC1C(C)(CO)C(O)CCC1(C)C2CC(=O)NCc1ccccc1. The minimum Gasteiger partial charge on any atom is -0.396 e. The molecular weight excluding hydrogens is 438 g/mol. The Morgan fingerprint density at radius 1 is 1.24 bits per heavy atom. The minimum atomic E-state index is -0.665. The summed E-state index contributed by atoms with van der Waals surface area (Å²) < 4.78 is 0. The van der Waals surface area contributed by atoms with Crippen LogP contribution in [-0.2, 0) is 22.6 Å². The number of thiazole rings is 1. The monoisotopic (exact) mass is 471 g/mol. The molecule has 178 valence electrons. The molecule has 0 spiro atoms. The summed E-state index contributed by atoms with van der Waals surface area (Å²) in [5.41, 5.74) is 0.931. The molecule has 2 aliphatic carbocycles. The van der Waals surface area contributed by atoms with Crippen molar-refractivity contribution in [3.8, 4) is 0 Å². The molecule has 1 fully saturated rings. The molecule has 8 heteroatoms. The second-order valence-corrected chi connectivity index (χ2v) is 11.1. The topological polar surface area (TPSA) is 112 Å². The zero-order valence-electron chi connectivity index (χ0n) is 19.4. The van der Waals surface area contributed by atoms with E-state index in [4.69, 9.17) is 4.98 Å². The maximum absolute atomic E-state index is 13.1. The van der Waals surface area contributed by atoms with E-state index in [0.717, 1.165) is 22.6 Å². The van der Waals surface area contributed by atoms with Crippen molar-refractivity contribution in [3.63, 3.8) is 0 Å². The summed E-state index contributed by atoms with van der Waals surface area (Å²) >= 11 is 1.43. The fourth-order valence-electron chi connectivity index (χ4n) is 5.90. The third kappa shape index (κ3) is 4.44. The van der Waals surface area contributed by atoms with Crippen molar-refractivity contribution >= 4 is 28.3 Å². The fraction of sp³-hybridized carbons (Fsp3) is 0.560. The van der Waals surface area contributed by atoms with Gasteiger partial charge in [0, 0.05) is 36.1 Å². The van der Waals surface area contributed by atoms with Gasteiger partial charge >= 0.3 is 0 Å². The van der Waals surface area contributed by atoms with Crippen molar-refractivity contribution < 1.29 is 19.8 Å². The van der Waals surface area contributed by atoms with Gasteiger partial charge in [0.05, 0.1) is 18.4 Å². The normalized spacial score (nSPS) is 30.8. The molecule has 5 atom stereocenters. The van der Waals surface area contributed by atoms with Gasteiger partial charge in [-0.15, -0.1) is 11.3 Å². The first kappa shape index (κ1) is 23.9. The molecule has 4 N–H and O–H groups in total. The van der Waals surface area contributed by atoms with Gasteiger partial charge < -0.3 is 20.8 Å². The van der Waals surface area contributed by atoms with Crippen molar-refractivity contribution in [1.82, 2.24) is 10.3 Å². The maximum atomic E-state index is 13.1. The van der Waals surface area contributed by atoms with Crippen LogP contribution in [0, 0.1) is 16.7 Å². The van der Waals surface area contributed by atoms with Gasteiger partial charge in [0.2, 0.25) is 11.8 Å². The summed E-state index contributed by atoms with van der Waals surface area (Å²) in [5, 5.41) is 27.5. The minimum absolute atomic E-state index is 0.0104. The van der Waals surface area contributed by atoms with Gasteiger partial charge in [-0.05, 0) is 36.2 Å². The van der Waals surface area contributed by atoms with E-state index in [-0.39, 0.29) is 42.1 Å². The highest BCUT2D eigenvalue weighted by Gasteiger charge is 2.59. The number of carbonyl (C=O) groups is 2. The number of aromatic nitrogens is 1. The third-order valence-corrected chi connectivity index (χ3v) is 8.91. The Morgan fingerprint density at radius 2 is 1.97 bits per heavy atom. The van der Waals surface area contributed by atoms with Crippen LogP contribution in [0.4, 0.5) is 5.13 Å². The summed E-state index contributed by atoms with van der Waals surface area (Å²) in [4.78, 5) is 30.5. The highest BCUT2D eigenvalue weighted by molar-refractivity contribution is 7.15.